The number of carbonyl (C=O) groups is 1. The molecular weight excluding hydrogens is 317 g/mol. The van der Waals surface area contributed by atoms with Crippen molar-refractivity contribution < 1.29 is 9.18 Å². The summed E-state index contributed by atoms with van der Waals surface area (Å²) in [6, 6.07) is 10.5. The number of amides is 1. The molecule has 0 bridgehead atoms. The molecule has 0 atom stereocenters. The second kappa shape index (κ2) is 4.40. The van der Waals surface area contributed by atoms with E-state index in [-0.39, 0.29) is 5.56 Å². The number of hydrogen-bond donors (Lipinski definition) is 1. The van der Waals surface area contributed by atoms with Crippen molar-refractivity contribution in [3.63, 3.8) is 0 Å². The van der Waals surface area contributed by atoms with Gasteiger partial charge in [-0.15, -0.1) is 0 Å². The van der Waals surface area contributed by atoms with Gasteiger partial charge in [0.2, 0.25) is 0 Å². The number of para-hydroxylation sites is 1. The van der Waals surface area contributed by atoms with E-state index in [4.69, 9.17) is 0 Å². The molecule has 90 valence electrons. The van der Waals surface area contributed by atoms with E-state index in [0.717, 1.165) is 4.90 Å². The van der Waals surface area contributed by atoms with Crippen LogP contribution in [0.3, 0.4) is 0 Å². The first-order valence-corrected chi connectivity index (χ1v) is 6.83. The minimum absolute atomic E-state index is 0.0967. The molecule has 0 saturated carbocycles. The van der Waals surface area contributed by atoms with Crippen LogP contribution in [0.15, 0.2) is 50.7 Å². The number of halogens is 2. The van der Waals surface area contributed by atoms with Crippen LogP contribution in [0.4, 0.5) is 10.1 Å². The van der Waals surface area contributed by atoms with Crippen LogP contribution < -0.4 is 5.32 Å². The van der Waals surface area contributed by atoms with Gasteiger partial charge in [-0.05, 0) is 24.3 Å². The zero-order valence-electron chi connectivity index (χ0n) is 9.04. The minimum atomic E-state index is -0.516. The number of fused-ring (bicyclic) bond motifs is 2. The molecule has 1 N–H and O–H groups in total. The van der Waals surface area contributed by atoms with Crippen LogP contribution in [-0.2, 0) is 0 Å². The summed E-state index contributed by atoms with van der Waals surface area (Å²) in [6.45, 7) is 0. The summed E-state index contributed by atoms with van der Waals surface area (Å²) in [6.07, 6.45) is 0. The second-order valence-corrected chi connectivity index (χ2v) is 5.81. The molecule has 1 amide bonds. The van der Waals surface area contributed by atoms with Crippen molar-refractivity contribution in [1.82, 2.24) is 0 Å². The number of benzene rings is 2. The van der Waals surface area contributed by atoms with Gasteiger partial charge in [-0.25, -0.2) is 4.39 Å². The Morgan fingerprint density at radius 3 is 2.78 bits per heavy atom. The Hall–Kier alpha value is -1.33. The van der Waals surface area contributed by atoms with Gasteiger partial charge in [-0.3, -0.25) is 4.79 Å². The average Bonchev–Trinajstić information content (AvgIpc) is 2.43. The molecule has 1 heterocycles. The van der Waals surface area contributed by atoms with Crippen LogP contribution >= 0.6 is 27.7 Å². The highest BCUT2D eigenvalue weighted by Crippen LogP contribution is 2.40. The van der Waals surface area contributed by atoms with E-state index >= 15 is 0 Å². The monoisotopic (exact) mass is 323 g/mol. The molecule has 18 heavy (non-hydrogen) atoms. The molecule has 2 aromatic rings. The van der Waals surface area contributed by atoms with E-state index < -0.39 is 11.7 Å². The van der Waals surface area contributed by atoms with Gasteiger partial charge in [0.25, 0.3) is 5.91 Å². The van der Waals surface area contributed by atoms with Crippen LogP contribution in [0.2, 0.25) is 0 Å². The first-order chi connectivity index (χ1) is 8.65. The first-order valence-electron chi connectivity index (χ1n) is 5.22. The molecule has 0 fully saturated rings. The molecule has 2 aromatic carbocycles. The van der Waals surface area contributed by atoms with Crippen LogP contribution in [0.5, 0.6) is 0 Å². The number of anilines is 1. The zero-order valence-corrected chi connectivity index (χ0v) is 11.4. The lowest BCUT2D eigenvalue weighted by atomic mass is 10.2. The van der Waals surface area contributed by atoms with Crippen molar-refractivity contribution in [2.45, 2.75) is 9.79 Å². The normalized spacial score (nSPS) is 13.3. The number of hydrogen-bond acceptors (Lipinski definition) is 2. The topological polar surface area (TPSA) is 29.1 Å². The van der Waals surface area contributed by atoms with Crippen LogP contribution in [-0.4, -0.2) is 5.91 Å². The summed E-state index contributed by atoms with van der Waals surface area (Å²) < 4.78 is 14.5. The predicted octanol–water partition coefficient (Wildman–Crippen LogP) is 4.31. The van der Waals surface area contributed by atoms with Crippen molar-refractivity contribution >= 4 is 39.3 Å². The molecule has 0 aromatic heterocycles. The van der Waals surface area contributed by atoms with E-state index in [2.05, 4.69) is 21.2 Å². The van der Waals surface area contributed by atoms with Crippen molar-refractivity contribution in [2.75, 3.05) is 5.32 Å². The molecule has 1 aliphatic heterocycles. The number of carbonyl (C=O) groups excluding carboxylic acids is 1. The third-order valence-electron chi connectivity index (χ3n) is 2.60. The lowest BCUT2D eigenvalue weighted by Gasteiger charge is -2.05. The van der Waals surface area contributed by atoms with E-state index in [0.29, 0.717) is 15.1 Å². The lowest BCUT2D eigenvalue weighted by molar-refractivity contribution is 0.102. The molecule has 0 radical (unpaired) electrons. The van der Waals surface area contributed by atoms with Gasteiger partial charge in [0, 0.05) is 14.3 Å². The van der Waals surface area contributed by atoms with Gasteiger partial charge in [-0.2, -0.15) is 0 Å². The Bertz CT molecular complexity index is 659. The van der Waals surface area contributed by atoms with Crippen molar-refractivity contribution in [1.29, 1.82) is 0 Å². The number of rotatable bonds is 0. The van der Waals surface area contributed by atoms with Crippen LogP contribution in [0, 0.1) is 5.82 Å². The summed E-state index contributed by atoms with van der Waals surface area (Å²) in [7, 11) is 0. The van der Waals surface area contributed by atoms with Gasteiger partial charge < -0.3 is 5.32 Å². The Labute approximate surface area is 116 Å². The molecular formula is C13H7BrFNOS. The predicted molar refractivity (Wildman–Crippen MR) is 72.6 cm³/mol. The quantitative estimate of drug-likeness (QED) is 0.783. The fourth-order valence-electron chi connectivity index (χ4n) is 1.81. The highest BCUT2D eigenvalue weighted by molar-refractivity contribution is 9.10. The smallest absolute Gasteiger partial charge is 0.259 e. The van der Waals surface area contributed by atoms with Crippen molar-refractivity contribution in [3.8, 4) is 0 Å². The van der Waals surface area contributed by atoms with E-state index in [9.17, 15) is 9.18 Å². The highest BCUT2D eigenvalue weighted by atomic mass is 79.9. The maximum atomic E-state index is 13.9. The SMILES string of the molecule is O=C1Nc2ccccc2Sc2cc(Br)cc(F)c21. The summed E-state index contributed by atoms with van der Waals surface area (Å²) in [4.78, 5) is 13.5. The average molecular weight is 324 g/mol. The molecule has 0 saturated heterocycles. The Morgan fingerprint density at radius 2 is 1.94 bits per heavy atom. The standard InChI is InChI=1S/C13H7BrFNOS/c14-7-5-8(15)12-11(6-7)18-10-4-2-1-3-9(10)16-13(12)17/h1-6H,(H,16,17). The molecule has 3 rings (SSSR count). The lowest BCUT2D eigenvalue weighted by Crippen LogP contribution is -2.13. The van der Waals surface area contributed by atoms with E-state index in [1.165, 1.54) is 17.8 Å². The van der Waals surface area contributed by atoms with Gasteiger partial charge in [-0.1, -0.05) is 39.8 Å². The Morgan fingerprint density at radius 1 is 1.17 bits per heavy atom. The third kappa shape index (κ3) is 1.93. The first kappa shape index (κ1) is 11.7. The van der Waals surface area contributed by atoms with E-state index in [1.807, 2.05) is 18.2 Å². The fourth-order valence-corrected chi connectivity index (χ4v) is 3.49. The molecule has 0 aliphatic carbocycles. The summed E-state index contributed by atoms with van der Waals surface area (Å²) in [5, 5.41) is 2.72. The Kier molecular flexibility index (Phi) is 2.87. The molecule has 0 unspecified atom stereocenters. The van der Waals surface area contributed by atoms with Gasteiger partial charge >= 0.3 is 0 Å². The fraction of sp³-hybridized carbons (Fsp3) is 0. The maximum absolute atomic E-state index is 13.9. The summed E-state index contributed by atoms with van der Waals surface area (Å²) in [5.74, 6) is -0.926. The maximum Gasteiger partial charge on any atom is 0.259 e. The number of nitrogens with one attached hydrogen (secondary N) is 1. The molecule has 2 nitrogen and oxygen atoms in total. The van der Waals surface area contributed by atoms with Crippen LogP contribution in [0.1, 0.15) is 10.4 Å². The highest BCUT2D eigenvalue weighted by Gasteiger charge is 2.23. The summed E-state index contributed by atoms with van der Waals surface area (Å²) in [5.41, 5.74) is 0.804. The molecule has 5 heteroatoms. The Balaban J connectivity index is 2.23. The van der Waals surface area contributed by atoms with Gasteiger partial charge in [0.05, 0.1) is 11.3 Å². The molecule has 1 aliphatic rings. The van der Waals surface area contributed by atoms with Gasteiger partial charge in [0.1, 0.15) is 5.82 Å². The molecule has 0 spiro atoms. The van der Waals surface area contributed by atoms with Gasteiger partial charge in [0.15, 0.2) is 0 Å². The zero-order chi connectivity index (χ0) is 12.7. The van der Waals surface area contributed by atoms with Crippen molar-refractivity contribution in [3.05, 3.63) is 52.3 Å². The third-order valence-corrected chi connectivity index (χ3v) is 4.18. The largest absolute Gasteiger partial charge is 0.321 e. The van der Waals surface area contributed by atoms with Crippen LogP contribution in [0.25, 0.3) is 0 Å². The minimum Gasteiger partial charge on any atom is -0.321 e. The van der Waals surface area contributed by atoms with Crippen molar-refractivity contribution in [2.24, 2.45) is 0 Å². The van der Waals surface area contributed by atoms with E-state index in [1.54, 1.807) is 12.1 Å². The second-order valence-electron chi connectivity index (χ2n) is 3.81. The summed E-state index contributed by atoms with van der Waals surface area (Å²) >= 11 is 4.62.